The van der Waals surface area contributed by atoms with E-state index in [1.165, 1.54) is 0 Å². The van der Waals surface area contributed by atoms with Gasteiger partial charge in [0.2, 0.25) is 17.7 Å². The largest absolute Gasteiger partial charge is 0.396 e. The number of hydrogen-bond donors (Lipinski definition) is 2. The zero-order chi connectivity index (χ0) is 31.4. The normalized spacial score (nSPS) is 24.0. The summed E-state index contributed by atoms with van der Waals surface area (Å²) in [4.78, 5) is 41.2. The van der Waals surface area contributed by atoms with Crippen molar-refractivity contribution in [2.75, 3.05) is 44.0 Å². The average Bonchev–Trinajstić information content (AvgIpc) is 3.51. The number of aryl methyl sites for hydroxylation is 1. The first-order chi connectivity index (χ1) is 21.1. The van der Waals surface area contributed by atoms with Gasteiger partial charge in [-0.15, -0.1) is 0 Å². The number of likely N-dealkylation sites (N-methyl/N-ethyl adjacent to an activating group) is 1. The number of anilines is 2. The highest BCUT2D eigenvalue weighted by molar-refractivity contribution is 6.12. The van der Waals surface area contributed by atoms with Crippen LogP contribution < -0.4 is 16.0 Å². The molecule has 1 aliphatic carbocycles. The molecular weight excluding hydrogens is 570 g/mol. The number of amides is 3. The molecule has 3 heterocycles. The van der Waals surface area contributed by atoms with Crippen LogP contribution in [0.4, 0.5) is 20.2 Å². The predicted octanol–water partition coefficient (Wildman–Crippen LogP) is 4.36. The van der Waals surface area contributed by atoms with Crippen LogP contribution in [0.25, 0.3) is 0 Å². The van der Waals surface area contributed by atoms with E-state index in [2.05, 4.69) is 22.4 Å². The Morgan fingerprint density at radius 3 is 2.59 bits per heavy atom. The Morgan fingerprint density at radius 2 is 1.89 bits per heavy atom. The van der Waals surface area contributed by atoms with Gasteiger partial charge in [-0.3, -0.25) is 29.3 Å². The molecule has 3 aliphatic rings. The van der Waals surface area contributed by atoms with Gasteiger partial charge in [0.25, 0.3) is 6.43 Å². The maximum Gasteiger partial charge on any atom is 0.284 e. The number of imide groups is 1. The Labute approximate surface area is 257 Å². The Hall–Kier alpha value is -3.38. The molecule has 1 aromatic carbocycles. The number of aromatic nitrogens is 2. The van der Waals surface area contributed by atoms with Crippen molar-refractivity contribution in [3.05, 3.63) is 41.2 Å². The SMILES string of the molecule is CC1C(=O)N(C2CCC(=O)NC2=O)c2cccc(CCCOCCN(C)CCC3CCC(n4cc(N)c(C(F)F)n4)CC3)c21. The van der Waals surface area contributed by atoms with E-state index in [1.54, 1.807) is 15.8 Å². The summed E-state index contributed by atoms with van der Waals surface area (Å²) >= 11 is 0. The van der Waals surface area contributed by atoms with Crippen LogP contribution in [0.1, 0.15) is 93.5 Å². The van der Waals surface area contributed by atoms with Crippen LogP contribution in [-0.4, -0.2) is 71.8 Å². The van der Waals surface area contributed by atoms with Gasteiger partial charge in [0.1, 0.15) is 6.04 Å². The Balaban J connectivity index is 0.994. The first-order valence-corrected chi connectivity index (χ1v) is 15.8. The highest BCUT2D eigenvalue weighted by Crippen LogP contribution is 2.42. The molecule has 2 atom stereocenters. The van der Waals surface area contributed by atoms with Crippen LogP contribution in [0.5, 0.6) is 0 Å². The highest BCUT2D eigenvalue weighted by Gasteiger charge is 2.43. The number of halogens is 2. The molecule has 2 fully saturated rings. The van der Waals surface area contributed by atoms with Gasteiger partial charge in [-0.25, -0.2) is 8.78 Å². The van der Waals surface area contributed by atoms with Gasteiger partial charge in [-0.1, -0.05) is 12.1 Å². The number of carbonyl (C=O) groups excluding carboxylic acids is 3. The second-order valence-corrected chi connectivity index (χ2v) is 12.5. The highest BCUT2D eigenvalue weighted by atomic mass is 19.3. The number of benzene rings is 1. The number of nitrogen functional groups attached to an aromatic ring is 1. The first-order valence-electron chi connectivity index (χ1n) is 15.8. The molecular formula is C32H44F2N6O4. The van der Waals surface area contributed by atoms with Gasteiger partial charge >= 0.3 is 0 Å². The minimum absolute atomic E-state index is 0.0685. The Kier molecular flexibility index (Phi) is 10.3. The molecule has 0 spiro atoms. The molecule has 5 rings (SSSR count). The lowest BCUT2D eigenvalue weighted by molar-refractivity contribution is -0.135. The van der Waals surface area contributed by atoms with Crippen molar-refractivity contribution in [3.63, 3.8) is 0 Å². The molecule has 10 nitrogen and oxygen atoms in total. The van der Waals surface area contributed by atoms with E-state index in [0.717, 1.165) is 74.8 Å². The van der Waals surface area contributed by atoms with Crippen LogP contribution in [0.15, 0.2) is 24.4 Å². The molecule has 12 heteroatoms. The number of fused-ring (bicyclic) bond motifs is 1. The molecule has 2 unspecified atom stereocenters. The number of nitrogens with one attached hydrogen (secondary N) is 1. The second-order valence-electron chi connectivity index (χ2n) is 12.5. The lowest BCUT2D eigenvalue weighted by atomic mass is 9.84. The lowest BCUT2D eigenvalue weighted by Crippen LogP contribution is -2.53. The van der Waals surface area contributed by atoms with Crippen LogP contribution in [0.2, 0.25) is 0 Å². The quantitative estimate of drug-likeness (QED) is 0.254. The maximum absolute atomic E-state index is 13.2. The van der Waals surface area contributed by atoms with E-state index in [4.69, 9.17) is 10.5 Å². The summed E-state index contributed by atoms with van der Waals surface area (Å²) in [5.74, 6) is -0.516. The molecule has 2 aliphatic heterocycles. The number of piperidine rings is 1. The molecule has 0 bridgehead atoms. The number of ether oxygens (including phenoxy) is 1. The molecule has 240 valence electrons. The molecule has 1 aromatic heterocycles. The summed E-state index contributed by atoms with van der Waals surface area (Å²) in [5.41, 5.74) is 8.30. The van der Waals surface area contributed by atoms with Crippen molar-refractivity contribution in [1.29, 1.82) is 0 Å². The second kappa shape index (κ2) is 14.2. The minimum Gasteiger partial charge on any atom is -0.396 e. The van der Waals surface area contributed by atoms with Crippen LogP contribution in [-0.2, 0) is 25.5 Å². The van der Waals surface area contributed by atoms with Crippen molar-refractivity contribution in [1.82, 2.24) is 20.0 Å². The van der Waals surface area contributed by atoms with E-state index >= 15 is 0 Å². The van der Waals surface area contributed by atoms with Gasteiger partial charge in [0.05, 0.1) is 24.3 Å². The summed E-state index contributed by atoms with van der Waals surface area (Å²) in [6.07, 6.45) is 6.12. The fourth-order valence-corrected chi connectivity index (χ4v) is 6.90. The fourth-order valence-electron chi connectivity index (χ4n) is 6.90. The van der Waals surface area contributed by atoms with Gasteiger partial charge in [0.15, 0.2) is 5.69 Å². The van der Waals surface area contributed by atoms with E-state index in [9.17, 15) is 23.2 Å². The maximum atomic E-state index is 13.2. The van der Waals surface area contributed by atoms with Crippen molar-refractivity contribution in [2.24, 2.45) is 5.92 Å². The van der Waals surface area contributed by atoms with Crippen molar-refractivity contribution in [3.8, 4) is 0 Å². The molecule has 3 amide bonds. The van der Waals surface area contributed by atoms with Gasteiger partial charge in [-0.2, -0.15) is 5.10 Å². The van der Waals surface area contributed by atoms with E-state index in [1.807, 2.05) is 25.1 Å². The van der Waals surface area contributed by atoms with E-state index in [-0.39, 0.29) is 41.6 Å². The zero-order valence-corrected chi connectivity index (χ0v) is 25.6. The third-order valence-corrected chi connectivity index (χ3v) is 9.45. The smallest absolute Gasteiger partial charge is 0.284 e. The predicted molar refractivity (Wildman–Crippen MR) is 162 cm³/mol. The molecule has 0 radical (unpaired) electrons. The summed E-state index contributed by atoms with van der Waals surface area (Å²) < 4.78 is 33.6. The first kappa shape index (κ1) is 32.0. The molecule has 1 saturated heterocycles. The third kappa shape index (κ3) is 7.12. The van der Waals surface area contributed by atoms with Gasteiger partial charge < -0.3 is 15.4 Å². The summed E-state index contributed by atoms with van der Waals surface area (Å²) in [5, 5.41) is 6.40. The minimum atomic E-state index is -2.65. The monoisotopic (exact) mass is 614 g/mol. The summed E-state index contributed by atoms with van der Waals surface area (Å²) in [6.45, 7) is 4.96. The molecule has 3 N–H and O–H groups in total. The van der Waals surface area contributed by atoms with Crippen LogP contribution >= 0.6 is 0 Å². The third-order valence-electron chi connectivity index (χ3n) is 9.45. The van der Waals surface area contributed by atoms with Crippen LogP contribution in [0.3, 0.4) is 0 Å². The standard InChI is InChI=1S/C32H44F2N6O4/c1-20-28-22(5-3-7-25(28)40(32(20)43)26-12-13-27(41)36-31(26)42)6-4-17-44-18-16-38(2)15-14-21-8-10-23(11-9-21)39-19-24(35)29(37-39)30(33)34/h3,5,7,19-21,23,26,30H,4,6,8-18,35H2,1-2H3,(H,36,41,42). The average molecular weight is 615 g/mol. The number of nitrogens with two attached hydrogens (primary N) is 1. The zero-order valence-electron chi connectivity index (χ0n) is 25.6. The number of rotatable bonds is 13. The van der Waals surface area contributed by atoms with Gasteiger partial charge in [0, 0.05) is 31.5 Å². The van der Waals surface area contributed by atoms with Crippen LogP contribution in [0, 0.1) is 5.92 Å². The van der Waals surface area contributed by atoms with Gasteiger partial charge in [-0.05, 0) is 95.0 Å². The van der Waals surface area contributed by atoms with E-state index in [0.29, 0.717) is 25.6 Å². The van der Waals surface area contributed by atoms with Crippen molar-refractivity contribution >= 4 is 29.1 Å². The molecule has 1 saturated carbocycles. The number of carbonyl (C=O) groups is 3. The molecule has 2 aromatic rings. The van der Waals surface area contributed by atoms with E-state index < -0.39 is 18.4 Å². The Morgan fingerprint density at radius 1 is 1.11 bits per heavy atom. The van der Waals surface area contributed by atoms with Crippen molar-refractivity contribution < 1.29 is 27.9 Å². The topological polar surface area (TPSA) is 123 Å². The molecule has 44 heavy (non-hydrogen) atoms. The summed E-state index contributed by atoms with van der Waals surface area (Å²) in [7, 11) is 2.10. The summed E-state index contributed by atoms with van der Waals surface area (Å²) in [6, 6.07) is 5.35. The Bertz CT molecular complexity index is 1340. The number of hydrogen-bond acceptors (Lipinski definition) is 7. The van der Waals surface area contributed by atoms with Crippen molar-refractivity contribution in [2.45, 2.75) is 89.1 Å². The number of alkyl halides is 2. The fraction of sp³-hybridized carbons (Fsp3) is 0.625. The number of nitrogens with zero attached hydrogens (tertiary/aromatic N) is 4. The lowest BCUT2D eigenvalue weighted by Gasteiger charge is -2.30.